The van der Waals surface area contributed by atoms with Crippen LogP contribution < -0.4 is 5.32 Å². The molecule has 1 aliphatic carbocycles. The molecule has 0 amide bonds. The number of rotatable bonds is 3. The average Bonchev–Trinajstić information content (AvgIpc) is 2.32. The van der Waals surface area contributed by atoms with Crippen molar-refractivity contribution in [1.82, 2.24) is 10.2 Å². The highest BCUT2D eigenvalue weighted by molar-refractivity contribution is 5.77. The Bertz CT molecular complexity index is 348. The Kier molecular flexibility index (Phi) is 3.56. The highest BCUT2D eigenvalue weighted by Gasteiger charge is 2.50. The van der Waals surface area contributed by atoms with Gasteiger partial charge in [-0.1, -0.05) is 0 Å². The molecule has 1 N–H and O–H groups in total. The van der Waals surface area contributed by atoms with Crippen molar-refractivity contribution in [2.45, 2.75) is 38.6 Å². The van der Waals surface area contributed by atoms with Crippen molar-refractivity contribution in [3.8, 4) is 0 Å². The topological polar surface area (TPSA) is 41.6 Å². The van der Waals surface area contributed by atoms with E-state index in [2.05, 4.69) is 10.2 Å². The summed E-state index contributed by atoms with van der Waals surface area (Å²) in [4.78, 5) is 14.4. The maximum atomic E-state index is 11.7. The Morgan fingerprint density at radius 2 is 2.05 bits per heavy atom. The number of hydrogen-bond acceptors (Lipinski definition) is 4. The third kappa shape index (κ3) is 2.40. The second-order valence-corrected chi connectivity index (χ2v) is 6.93. The van der Waals surface area contributed by atoms with Crippen molar-refractivity contribution in [3.05, 3.63) is 0 Å². The van der Waals surface area contributed by atoms with Crippen molar-refractivity contribution in [1.29, 1.82) is 0 Å². The van der Waals surface area contributed by atoms with Gasteiger partial charge in [-0.05, 0) is 64.1 Å². The molecule has 2 saturated heterocycles. The summed E-state index contributed by atoms with van der Waals surface area (Å²) in [6.45, 7) is 6.94. The van der Waals surface area contributed by atoms with E-state index in [0.717, 1.165) is 24.7 Å². The quantitative estimate of drug-likeness (QED) is 0.781. The summed E-state index contributed by atoms with van der Waals surface area (Å²) in [5.74, 6) is 1.75. The van der Waals surface area contributed by atoms with Gasteiger partial charge in [-0.3, -0.25) is 4.79 Å². The molecule has 1 unspecified atom stereocenters. The third-order valence-electron chi connectivity index (χ3n) is 5.54. The molecule has 2 heterocycles. The molecule has 2 aliphatic heterocycles. The van der Waals surface area contributed by atoms with Crippen molar-refractivity contribution in [2.24, 2.45) is 17.3 Å². The summed E-state index contributed by atoms with van der Waals surface area (Å²) >= 11 is 0. The fraction of sp³-hybridized carbons (Fsp3) is 0.933. The number of nitrogens with zero attached hydrogens (tertiary/aromatic N) is 1. The first-order valence-corrected chi connectivity index (χ1v) is 7.65. The Labute approximate surface area is 115 Å². The van der Waals surface area contributed by atoms with Gasteiger partial charge in [0.2, 0.25) is 0 Å². The van der Waals surface area contributed by atoms with Gasteiger partial charge in [0, 0.05) is 12.6 Å². The third-order valence-corrected chi connectivity index (χ3v) is 5.54. The van der Waals surface area contributed by atoms with Crippen LogP contribution in [0.25, 0.3) is 0 Å². The molecule has 4 heteroatoms. The first-order chi connectivity index (χ1) is 9.12. The van der Waals surface area contributed by atoms with E-state index >= 15 is 0 Å². The molecule has 1 atom stereocenters. The predicted octanol–water partition coefficient (Wildman–Crippen LogP) is 1.26. The molecule has 4 nitrogen and oxygen atoms in total. The van der Waals surface area contributed by atoms with Crippen LogP contribution in [0.1, 0.15) is 32.6 Å². The summed E-state index contributed by atoms with van der Waals surface area (Å²) in [5.41, 5.74) is -0.218. The highest BCUT2D eigenvalue weighted by atomic mass is 16.5. The first-order valence-electron chi connectivity index (χ1n) is 7.65. The van der Waals surface area contributed by atoms with Gasteiger partial charge in [0.15, 0.2) is 0 Å². The number of nitrogens with one attached hydrogen (secondary N) is 1. The molecule has 0 bridgehead atoms. The van der Waals surface area contributed by atoms with E-state index in [9.17, 15) is 4.79 Å². The number of methoxy groups -OCH3 is 1. The smallest absolute Gasteiger partial charge is 0.311 e. The zero-order valence-electron chi connectivity index (χ0n) is 12.2. The van der Waals surface area contributed by atoms with Crippen LogP contribution in [0.15, 0.2) is 0 Å². The van der Waals surface area contributed by atoms with Crippen LogP contribution in [-0.4, -0.2) is 50.2 Å². The molecule has 0 aromatic carbocycles. The lowest BCUT2D eigenvalue weighted by molar-refractivity contribution is -0.162. The molecule has 3 aliphatic rings. The standard InChI is InChI=1S/C15H26N2O2/c1-15(14(18)19-2)6-13(7-15)17-5-3-4-11(10-17)12-8-16-9-12/h11-13,16H,3-10H2,1-2H3. The number of carbonyl (C=O) groups excluding carboxylic acids is 1. The first kappa shape index (κ1) is 13.4. The van der Waals surface area contributed by atoms with E-state index in [1.54, 1.807) is 0 Å². The number of esters is 1. The Balaban J connectivity index is 1.52. The number of piperidine rings is 1. The lowest BCUT2D eigenvalue weighted by Crippen LogP contribution is -2.58. The number of ether oxygens (including phenoxy) is 1. The van der Waals surface area contributed by atoms with Crippen LogP contribution in [-0.2, 0) is 9.53 Å². The lowest BCUT2D eigenvalue weighted by Gasteiger charge is -2.51. The molecule has 0 radical (unpaired) electrons. The maximum Gasteiger partial charge on any atom is 0.311 e. The van der Waals surface area contributed by atoms with Crippen LogP contribution in [0.4, 0.5) is 0 Å². The second-order valence-electron chi connectivity index (χ2n) is 6.93. The minimum absolute atomic E-state index is 0.0273. The van der Waals surface area contributed by atoms with E-state index < -0.39 is 0 Å². The van der Waals surface area contributed by atoms with E-state index in [1.807, 2.05) is 6.92 Å². The summed E-state index contributed by atoms with van der Waals surface area (Å²) < 4.78 is 4.91. The van der Waals surface area contributed by atoms with Gasteiger partial charge in [-0.25, -0.2) is 0 Å². The van der Waals surface area contributed by atoms with Crippen molar-refractivity contribution >= 4 is 5.97 Å². The van der Waals surface area contributed by atoms with Crippen molar-refractivity contribution in [3.63, 3.8) is 0 Å². The summed E-state index contributed by atoms with van der Waals surface area (Å²) in [6.07, 6.45) is 4.68. The van der Waals surface area contributed by atoms with Crippen LogP contribution in [0.5, 0.6) is 0 Å². The van der Waals surface area contributed by atoms with E-state index in [1.165, 1.54) is 46.1 Å². The Hall–Kier alpha value is -0.610. The maximum absolute atomic E-state index is 11.7. The van der Waals surface area contributed by atoms with Crippen LogP contribution >= 0.6 is 0 Å². The van der Waals surface area contributed by atoms with Crippen LogP contribution in [0.2, 0.25) is 0 Å². The fourth-order valence-electron chi connectivity index (χ4n) is 4.05. The van der Waals surface area contributed by atoms with Gasteiger partial charge in [-0.2, -0.15) is 0 Å². The van der Waals surface area contributed by atoms with Crippen LogP contribution in [0.3, 0.4) is 0 Å². The number of hydrogen-bond donors (Lipinski definition) is 1. The fourth-order valence-corrected chi connectivity index (χ4v) is 4.05. The van der Waals surface area contributed by atoms with Gasteiger partial charge >= 0.3 is 5.97 Å². The van der Waals surface area contributed by atoms with Crippen molar-refractivity contribution < 1.29 is 9.53 Å². The summed E-state index contributed by atoms with van der Waals surface area (Å²) in [7, 11) is 1.50. The number of likely N-dealkylation sites (tertiary alicyclic amines) is 1. The molecular formula is C15H26N2O2. The lowest BCUT2D eigenvalue weighted by atomic mass is 9.65. The number of carbonyl (C=O) groups is 1. The molecule has 3 rings (SSSR count). The zero-order chi connectivity index (χ0) is 13.5. The molecule has 1 saturated carbocycles. The minimum Gasteiger partial charge on any atom is -0.469 e. The zero-order valence-corrected chi connectivity index (χ0v) is 12.2. The summed E-state index contributed by atoms with van der Waals surface area (Å²) in [6, 6.07) is 0.611. The largest absolute Gasteiger partial charge is 0.469 e. The average molecular weight is 266 g/mol. The van der Waals surface area contributed by atoms with E-state index in [-0.39, 0.29) is 11.4 Å². The molecule has 0 spiro atoms. The normalized spacial score (nSPS) is 40.3. The minimum atomic E-state index is -0.218. The molecule has 0 aromatic heterocycles. The van der Waals surface area contributed by atoms with Gasteiger partial charge in [-0.15, -0.1) is 0 Å². The van der Waals surface area contributed by atoms with E-state index in [4.69, 9.17) is 4.74 Å². The summed E-state index contributed by atoms with van der Waals surface area (Å²) in [5, 5.41) is 3.39. The molecule has 19 heavy (non-hydrogen) atoms. The molecule has 3 fully saturated rings. The van der Waals surface area contributed by atoms with Gasteiger partial charge in [0.25, 0.3) is 0 Å². The molecular weight excluding hydrogens is 240 g/mol. The molecule has 108 valence electrons. The van der Waals surface area contributed by atoms with Crippen LogP contribution in [0, 0.1) is 17.3 Å². The van der Waals surface area contributed by atoms with E-state index in [0.29, 0.717) is 6.04 Å². The Morgan fingerprint density at radius 1 is 1.32 bits per heavy atom. The van der Waals surface area contributed by atoms with Gasteiger partial charge in [0.05, 0.1) is 12.5 Å². The van der Waals surface area contributed by atoms with Gasteiger partial charge < -0.3 is 15.0 Å². The SMILES string of the molecule is COC(=O)C1(C)CC(N2CCCC(C3CNC3)C2)C1. The molecule has 0 aromatic rings. The van der Waals surface area contributed by atoms with Gasteiger partial charge in [0.1, 0.15) is 0 Å². The second kappa shape index (κ2) is 5.06. The highest BCUT2D eigenvalue weighted by Crippen LogP contribution is 2.45. The predicted molar refractivity (Wildman–Crippen MR) is 73.8 cm³/mol. The Morgan fingerprint density at radius 3 is 2.63 bits per heavy atom. The monoisotopic (exact) mass is 266 g/mol. The van der Waals surface area contributed by atoms with Crippen molar-refractivity contribution in [2.75, 3.05) is 33.3 Å².